The van der Waals surface area contributed by atoms with E-state index in [2.05, 4.69) is 4.98 Å². The van der Waals surface area contributed by atoms with Gasteiger partial charge in [-0.2, -0.15) is 0 Å². The minimum absolute atomic E-state index is 0.120. The highest BCUT2D eigenvalue weighted by Gasteiger charge is 2.06. The van der Waals surface area contributed by atoms with Crippen molar-refractivity contribution in [2.75, 3.05) is 0 Å². The molecule has 16 heavy (non-hydrogen) atoms. The van der Waals surface area contributed by atoms with Crippen molar-refractivity contribution in [2.24, 2.45) is 0 Å². The van der Waals surface area contributed by atoms with Crippen molar-refractivity contribution in [3.63, 3.8) is 0 Å². The van der Waals surface area contributed by atoms with Crippen LogP contribution in [-0.4, -0.2) is 9.91 Å². The summed E-state index contributed by atoms with van der Waals surface area (Å²) in [5.41, 5.74) is -1.21. The second kappa shape index (κ2) is 3.58. The first-order valence-electron chi connectivity index (χ1n) is 4.40. The van der Waals surface area contributed by atoms with Crippen molar-refractivity contribution >= 4 is 16.5 Å². The normalized spacial score (nSPS) is 10.2. The number of aromatic nitrogens is 1. The molecule has 1 aromatic carbocycles. The Labute approximate surface area is 88.3 Å². The first-order chi connectivity index (χ1) is 7.58. The molecule has 80 valence electrons. The van der Waals surface area contributed by atoms with Gasteiger partial charge < -0.3 is 0 Å². The summed E-state index contributed by atoms with van der Waals surface area (Å²) in [5, 5.41) is 11.1. The Bertz CT molecular complexity index is 690. The van der Waals surface area contributed by atoms with E-state index in [0.717, 1.165) is 6.07 Å². The van der Waals surface area contributed by atoms with Gasteiger partial charge in [-0.25, -0.2) is 0 Å². The molecular formula is C10H6N2O4. The van der Waals surface area contributed by atoms with Crippen LogP contribution in [0.3, 0.4) is 0 Å². The third-order valence-electron chi connectivity index (χ3n) is 2.14. The molecule has 1 heterocycles. The van der Waals surface area contributed by atoms with Gasteiger partial charge in [0, 0.05) is 23.6 Å². The molecule has 0 atom stereocenters. The lowest BCUT2D eigenvalue weighted by Gasteiger charge is -1.92. The van der Waals surface area contributed by atoms with Crippen molar-refractivity contribution in [3.05, 3.63) is 61.2 Å². The second-order valence-corrected chi connectivity index (χ2v) is 3.18. The van der Waals surface area contributed by atoms with Gasteiger partial charge in [0.1, 0.15) is 0 Å². The zero-order valence-corrected chi connectivity index (χ0v) is 7.97. The van der Waals surface area contributed by atoms with Crippen LogP contribution in [0.2, 0.25) is 0 Å². The fraction of sp³-hybridized carbons (Fsp3) is 0. The Kier molecular flexibility index (Phi) is 2.24. The molecule has 0 bridgehead atoms. The van der Waals surface area contributed by atoms with Crippen LogP contribution in [0.1, 0.15) is 0 Å². The first-order valence-corrected chi connectivity index (χ1v) is 4.40. The van der Waals surface area contributed by atoms with E-state index < -0.39 is 16.0 Å². The number of non-ortho nitro benzene ring substituents is 1. The van der Waals surface area contributed by atoms with E-state index in [-0.39, 0.29) is 11.1 Å². The smallest absolute Gasteiger partial charge is 0.270 e. The Balaban J connectivity index is 2.92. The van der Waals surface area contributed by atoms with Crippen molar-refractivity contribution in [1.29, 1.82) is 0 Å². The largest absolute Gasteiger partial charge is 0.289 e. The van der Waals surface area contributed by atoms with Crippen LogP contribution in [0.4, 0.5) is 5.69 Å². The van der Waals surface area contributed by atoms with Gasteiger partial charge in [-0.3, -0.25) is 24.7 Å². The number of hydrogen-bond donors (Lipinski definition) is 1. The minimum atomic E-state index is -0.557. The highest BCUT2D eigenvalue weighted by Crippen LogP contribution is 2.16. The van der Waals surface area contributed by atoms with Crippen LogP contribution in [0.15, 0.2) is 39.9 Å². The topological polar surface area (TPSA) is 93.1 Å². The molecule has 0 radical (unpaired) electrons. The molecule has 2 rings (SSSR count). The van der Waals surface area contributed by atoms with E-state index in [1.54, 1.807) is 0 Å². The van der Waals surface area contributed by atoms with Gasteiger partial charge in [0.05, 0.1) is 4.92 Å². The van der Waals surface area contributed by atoms with Crippen molar-refractivity contribution in [2.45, 2.75) is 0 Å². The Morgan fingerprint density at radius 2 is 1.88 bits per heavy atom. The molecule has 0 aliphatic carbocycles. The number of H-pyrrole nitrogens is 1. The molecule has 6 heteroatoms. The molecular weight excluding hydrogens is 212 g/mol. The average Bonchev–Trinajstić information content (AvgIpc) is 2.38. The number of nitrogens with zero attached hydrogens (tertiary/aromatic N) is 1. The molecule has 1 aromatic heterocycles. The fourth-order valence-electron chi connectivity index (χ4n) is 1.39. The summed E-state index contributed by atoms with van der Waals surface area (Å²) in [6.07, 6.45) is 0. The molecule has 0 saturated carbocycles. The van der Waals surface area contributed by atoms with Crippen LogP contribution in [0, 0.1) is 10.1 Å². The average molecular weight is 218 g/mol. The number of rotatable bonds is 1. The van der Waals surface area contributed by atoms with E-state index in [1.807, 2.05) is 0 Å². The van der Waals surface area contributed by atoms with Crippen LogP contribution in [0.25, 0.3) is 10.8 Å². The van der Waals surface area contributed by atoms with Gasteiger partial charge in [0.15, 0.2) is 0 Å². The van der Waals surface area contributed by atoms with Crippen LogP contribution in [0.5, 0.6) is 0 Å². The molecule has 0 amide bonds. The third kappa shape index (κ3) is 1.68. The van der Waals surface area contributed by atoms with Crippen LogP contribution in [-0.2, 0) is 0 Å². The lowest BCUT2D eigenvalue weighted by molar-refractivity contribution is -0.384. The maximum atomic E-state index is 11.5. The highest BCUT2D eigenvalue weighted by atomic mass is 16.6. The summed E-state index contributed by atoms with van der Waals surface area (Å²) in [7, 11) is 0. The van der Waals surface area contributed by atoms with E-state index in [9.17, 15) is 19.7 Å². The molecule has 0 fully saturated rings. The number of fused-ring (bicyclic) bond motifs is 1. The molecule has 0 saturated heterocycles. The summed E-state index contributed by atoms with van der Waals surface area (Å²) in [6.45, 7) is 0. The molecule has 0 aliphatic rings. The zero-order valence-electron chi connectivity index (χ0n) is 7.97. The maximum absolute atomic E-state index is 11.5. The minimum Gasteiger partial charge on any atom is -0.289 e. The van der Waals surface area contributed by atoms with E-state index in [1.165, 1.54) is 24.3 Å². The highest BCUT2D eigenvalue weighted by molar-refractivity contribution is 5.83. The standard InChI is InChI=1S/C10H6N2O4/c13-9-4-1-6-5-7(12(15)16)2-3-8(6)10(14)11-9/h1-5H,(H,11,13,14). The summed E-state index contributed by atoms with van der Waals surface area (Å²) in [6, 6.07) is 6.34. The summed E-state index contributed by atoms with van der Waals surface area (Å²) < 4.78 is 0. The Morgan fingerprint density at radius 1 is 1.12 bits per heavy atom. The number of aromatic amines is 1. The van der Waals surface area contributed by atoms with Crippen molar-refractivity contribution in [3.8, 4) is 0 Å². The van der Waals surface area contributed by atoms with Crippen LogP contribution >= 0.6 is 0 Å². The molecule has 0 unspecified atom stereocenters. The van der Waals surface area contributed by atoms with Gasteiger partial charge in [0.2, 0.25) is 0 Å². The number of benzene rings is 1. The van der Waals surface area contributed by atoms with Crippen LogP contribution < -0.4 is 11.1 Å². The number of nitro benzene ring substituents is 1. The van der Waals surface area contributed by atoms with E-state index in [4.69, 9.17) is 0 Å². The van der Waals surface area contributed by atoms with Crippen molar-refractivity contribution in [1.82, 2.24) is 4.98 Å². The lowest BCUT2D eigenvalue weighted by Crippen LogP contribution is -2.12. The number of nitro groups is 1. The summed E-state index contributed by atoms with van der Waals surface area (Å²) >= 11 is 0. The predicted octanol–water partition coefficient (Wildman–Crippen LogP) is 0.796. The van der Waals surface area contributed by atoms with Gasteiger partial charge in [-0.05, 0) is 17.5 Å². The molecule has 0 aliphatic heterocycles. The fourth-order valence-corrected chi connectivity index (χ4v) is 1.39. The van der Waals surface area contributed by atoms with Gasteiger partial charge >= 0.3 is 0 Å². The van der Waals surface area contributed by atoms with Gasteiger partial charge in [0.25, 0.3) is 16.8 Å². The van der Waals surface area contributed by atoms with Crippen molar-refractivity contribution < 1.29 is 4.92 Å². The summed E-state index contributed by atoms with van der Waals surface area (Å²) in [4.78, 5) is 34.6. The quantitative estimate of drug-likeness (QED) is 0.565. The Morgan fingerprint density at radius 3 is 2.56 bits per heavy atom. The predicted molar refractivity (Wildman–Crippen MR) is 57.5 cm³/mol. The zero-order chi connectivity index (χ0) is 11.7. The van der Waals surface area contributed by atoms with E-state index in [0.29, 0.717) is 5.39 Å². The van der Waals surface area contributed by atoms with Gasteiger partial charge in [-0.1, -0.05) is 0 Å². The monoisotopic (exact) mass is 218 g/mol. The second-order valence-electron chi connectivity index (χ2n) is 3.18. The number of nitrogens with one attached hydrogen (secondary N) is 1. The molecule has 2 aromatic rings. The first kappa shape index (κ1) is 10.0. The van der Waals surface area contributed by atoms with E-state index >= 15 is 0 Å². The molecule has 6 nitrogen and oxygen atoms in total. The Hall–Kier alpha value is -2.50. The third-order valence-corrected chi connectivity index (χ3v) is 2.14. The number of hydrogen-bond acceptors (Lipinski definition) is 4. The summed E-state index contributed by atoms with van der Waals surface area (Å²) in [5.74, 6) is 0. The maximum Gasteiger partial charge on any atom is 0.270 e. The SMILES string of the molecule is O=c1ccc2cc([N+](=O)[O-])ccc2c(=O)[nH]1. The molecule has 1 N–H and O–H groups in total. The lowest BCUT2D eigenvalue weighted by atomic mass is 10.2. The van der Waals surface area contributed by atoms with Gasteiger partial charge in [-0.15, -0.1) is 0 Å². The molecule has 0 spiro atoms.